The summed E-state index contributed by atoms with van der Waals surface area (Å²) in [7, 11) is -3.13. The van der Waals surface area contributed by atoms with E-state index in [0.717, 1.165) is 32.2 Å². The van der Waals surface area contributed by atoms with Crippen molar-refractivity contribution >= 4 is 10.0 Å². The summed E-state index contributed by atoms with van der Waals surface area (Å²) >= 11 is 0. The molecule has 5 heteroatoms. The number of piperidine rings is 1. The van der Waals surface area contributed by atoms with Crippen molar-refractivity contribution in [2.75, 3.05) is 18.8 Å². The van der Waals surface area contributed by atoms with Gasteiger partial charge in [-0.2, -0.15) is 4.31 Å². The Kier molecular flexibility index (Phi) is 5.87. The third-order valence-electron chi connectivity index (χ3n) is 4.46. The van der Waals surface area contributed by atoms with Crippen molar-refractivity contribution in [1.82, 2.24) is 9.62 Å². The zero-order valence-corrected chi connectivity index (χ0v) is 13.8. The van der Waals surface area contributed by atoms with Crippen LogP contribution in [0.5, 0.6) is 0 Å². The summed E-state index contributed by atoms with van der Waals surface area (Å²) in [6.45, 7) is 5.86. The maximum Gasteiger partial charge on any atom is 0.215 e. The van der Waals surface area contributed by atoms with Crippen LogP contribution in [0.2, 0.25) is 0 Å². The standard InChI is InChI=1S/C15H30N2O2S/c1-13(2)11-17(15-8-3-4-9-15)20(18,19)12-14-7-5-6-10-16-14/h13-16H,3-12H2,1-2H3. The molecular formula is C15H30N2O2S. The van der Waals surface area contributed by atoms with E-state index in [1.165, 1.54) is 19.3 Å². The minimum atomic E-state index is -3.13. The van der Waals surface area contributed by atoms with Crippen LogP contribution in [0, 0.1) is 5.92 Å². The van der Waals surface area contributed by atoms with Gasteiger partial charge in [-0.25, -0.2) is 8.42 Å². The second-order valence-electron chi connectivity index (χ2n) is 6.83. The van der Waals surface area contributed by atoms with E-state index in [-0.39, 0.29) is 17.8 Å². The average molecular weight is 302 g/mol. The topological polar surface area (TPSA) is 49.4 Å². The number of sulfonamides is 1. The smallest absolute Gasteiger partial charge is 0.215 e. The van der Waals surface area contributed by atoms with Gasteiger partial charge in [-0.05, 0) is 38.1 Å². The monoisotopic (exact) mass is 302 g/mol. The number of rotatable bonds is 6. The van der Waals surface area contributed by atoms with Gasteiger partial charge in [-0.1, -0.05) is 33.1 Å². The molecule has 0 aromatic rings. The Labute approximate surface area is 124 Å². The predicted octanol–water partition coefficient (Wildman–Crippen LogP) is 2.36. The van der Waals surface area contributed by atoms with E-state index >= 15 is 0 Å². The van der Waals surface area contributed by atoms with E-state index in [0.29, 0.717) is 12.5 Å². The predicted molar refractivity (Wildman–Crippen MR) is 83.2 cm³/mol. The number of nitrogens with one attached hydrogen (secondary N) is 1. The highest BCUT2D eigenvalue weighted by atomic mass is 32.2. The maximum atomic E-state index is 12.8. The molecule has 0 bridgehead atoms. The van der Waals surface area contributed by atoms with Crippen LogP contribution in [-0.4, -0.2) is 43.6 Å². The molecule has 1 N–H and O–H groups in total. The van der Waals surface area contributed by atoms with Gasteiger partial charge in [0, 0.05) is 18.6 Å². The fourth-order valence-electron chi connectivity index (χ4n) is 3.46. The molecule has 1 heterocycles. The Morgan fingerprint density at radius 3 is 2.30 bits per heavy atom. The fraction of sp³-hybridized carbons (Fsp3) is 1.00. The quantitative estimate of drug-likeness (QED) is 0.819. The Morgan fingerprint density at radius 1 is 1.10 bits per heavy atom. The first-order valence-corrected chi connectivity index (χ1v) is 9.83. The zero-order valence-electron chi connectivity index (χ0n) is 13.0. The molecular weight excluding hydrogens is 272 g/mol. The van der Waals surface area contributed by atoms with Crippen molar-refractivity contribution in [3.05, 3.63) is 0 Å². The molecule has 0 aromatic carbocycles. The molecule has 0 spiro atoms. The summed E-state index contributed by atoms with van der Waals surface area (Å²) < 4.78 is 27.4. The van der Waals surface area contributed by atoms with Crippen LogP contribution in [0.25, 0.3) is 0 Å². The van der Waals surface area contributed by atoms with Gasteiger partial charge in [-0.3, -0.25) is 0 Å². The highest BCUT2D eigenvalue weighted by Crippen LogP contribution is 2.27. The molecule has 0 radical (unpaired) electrons. The van der Waals surface area contributed by atoms with Crippen molar-refractivity contribution in [2.24, 2.45) is 5.92 Å². The first kappa shape index (κ1) is 16.2. The molecule has 20 heavy (non-hydrogen) atoms. The maximum absolute atomic E-state index is 12.8. The Hall–Kier alpha value is -0.130. The van der Waals surface area contributed by atoms with Crippen molar-refractivity contribution in [3.63, 3.8) is 0 Å². The first-order chi connectivity index (χ1) is 9.49. The van der Waals surface area contributed by atoms with Crippen molar-refractivity contribution in [3.8, 4) is 0 Å². The molecule has 2 aliphatic rings. The van der Waals surface area contributed by atoms with E-state index < -0.39 is 10.0 Å². The Bertz CT molecular complexity index is 383. The van der Waals surface area contributed by atoms with Gasteiger partial charge in [0.1, 0.15) is 0 Å². The van der Waals surface area contributed by atoms with E-state index in [9.17, 15) is 8.42 Å². The molecule has 4 nitrogen and oxygen atoms in total. The van der Waals surface area contributed by atoms with Crippen molar-refractivity contribution in [2.45, 2.75) is 70.9 Å². The van der Waals surface area contributed by atoms with Gasteiger partial charge < -0.3 is 5.32 Å². The van der Waals surface area contributed by atoms with E-state index in [2.05, 4.69) is 19.2 Å². The van der Waals surface area contributed by atoms with Crippen molar-refractivity contribution < 1.29 is 8.42 Å². The molecule has 1 aliphatic carbocycles. The highest BCUT2D eigenvalue weighted by Gasteiger charge is 2.34. The summed E-state index contributed by atoms with van der Waals surface area (Å²) in [5.41, 5.74) is 0. The molecule has 1 aliphatic heterocycles. The lowest BCUT2D eigenvalue weighted by atomic mass is 10.1. The van der Waals surface area contributed by atoms with Gasteiger partial charge in [0.25, 0.3) is 0 Å². The van der Waals surface area contributed by atoms with Gasteiger partial charge in [-0.15, -0.1) is 0 Å². The van der Waals surface area contributed by atoms with Crippen LogP contribution in [0.15, 0.2) is 0 Å². The molecule has 1 unspecified atom stereocenters. The minimum absolute atomic E-state index is 0.157. The minimum Gasteiger partial charge on any atom is -0.313 e. The zero-order chi connectivity index (χ0) is 14.6. The lowest BCUT2D eigenvalue weighted by molar-refractivity contribution is 0.289. The average Bonchev–Trinajstić information content (AvgIpc) is 2.89. The molecule has 2 fully saturated rings. The number of hydrogen-bond donors (Lipinski definition) is 1. The summed E-state index contributed by atoms with van der Waals surface area (Å²) in [5, 5.41) is 3.37. The molecule has 1 saturated carbocycles. The van der Waals surface area contributed by atoms with Crippen molar-refractivity contribution in [1.29, 1.82) is 0 Å². The SMILES string of the molecule is CC(C)CN(C1CCCC1)S(=O)(=O)CC1CCCCN1. The van der Waals surface area contributed by atoms with Crippen LogP contribution in [-0.2, 0) is 10.0 Å². The largest absolute Gasteiger partial charge is 0.313 e. The normalized spacial score (nSPS) is 25.7. The molecule has 0 aromatic heterocycles. The Morgan fingerprint density at radius 2 is 1.75 bits per heavy atom. The molecule has 2 rings (SSSR count). The van der Waals surface area contributed by atoms with Gasteiger partial charge >= 0.3 is 0 Å². The molecule has 118 valence electrons. The fourth-order valence-corrected chi connectivity index (χ4v) is 5.63. The highest BCUT2D eigenvalue weighted by molar-refractivity contribution is 7.89. The van der Waals surface area contributed by atoms with E-state index in [4.69, 9.17) is 0 Å². The van der Waals surface area contributed by atoms with Crippen LogP contribution in [0.3, 0.4) is 0 Å². The van der Waals surface area contributed by atoms with Crippen LogP contribution in [0.4, 0.5) is 0 Å². The number of hydrogen-bond acceptors (Lipinski definition) is 3. The molecule has 0 amide bonds. The summed E-state index contributed by atoms with van der Waals surface area (Å²) in [6, 6.07) is 0.413. The van der Waals surface area contributed by atoms with Crippen LogP contribution < -0.4 is 5.32 Å². The van der Waals surface area contributed by atoms with Gasteiger partial charge in [0.05, 0.1) is 5.75 Å². The van der Waals surface area contributed by atoms with E-state index in [1.807, 2.05) is 4.31 Å². The van der Waals surface area contributed by atoms with E-state index in [1.54, 1.807) is 0 Å². The molecule has 1 atom stereocenters. The van der Waals surface area contributed by atoms with Crippen LogP contribution >= 0.6 is 0 Å². The van der Waals surface area contributed by atoms with Gasteiger partial charge in [0.15, 0.2) is 0 Å². The Balaban J connectivity index is 2.04. The summed E-state index contributed by atoms with van der Waals surface area (Å²) in [4.78, 5) is 0. The second kappa shape index (κ2) is 7.23. The second-order valence-corrected chi connectivity index (χ2v) is 8.79. The third kappa shape index (κ3) is 4.43. The van der Waals surface area contributed by atoms with Gasteiger partial charge in [0.2, 0.25) is 10.0 Å². The summed E-state index contributed by atoms with van der Waals surface area (Å²) in [5.74, 6) is 0.681. The molecule has 1 saturated heterocycles. The summed E-state index contributed by atoms with van der Waals surface area (Å²) in [6.07, 6.45) is 7.77. The number of nitrogens with zero attached hydrogens (tertiary/aromatic N) is 1. The lowest BCUT2D eigenvalue weighted by Crippen LogP contribution is -2.48. The third-order valence-corrected chi connectivity index (χ3v) is 6.44. The van der Waals surface area contributed by atoms with Crippen LogP contribution in [0.1, 0.15) is 58.8 Å². The first-order valence-electron chi connectivity index (χ1n) is 8.22. The lowest BCUT2D eigenvalue weighted by Gasteiger charge is -2.32.